The van der Waals surface area contributed by atoms with E-state index in [1.54, 1.807) is 6.07 Å². The van der Waals surface area contributed by atoms with E-state index in [-0.39, 0.29) is 22.3 Å². The van der Waals surface area contributed by atoms with Crippen molar-refractivity contribution in [1.29, 1.82) is 0 Å². The number of anilines is 2. The Kier molecular flexibility index (Phi) is 7.09. The normalized spacial score (nSPS) is 22.3. The first kappa shape index (κ1) is 23.6. The second-order valence-corrected chi connectivity index (χ2v) is 8.90. The molecule has 1 aromatic carbocycles. The number of halogens is 1. The number of carbonyl (C=O) groups excluding carboxylic acids is 3. The summed E-state index contributed by atoms with van der Waals surface area (Å²) >= 11 is 6.42. The number of carbonyl (C=O) groups is 3. The molecule has 0 spiro atoms. The number of nitrogens with zero attached hydrogens (tertiary/aromatic N) is 3. The third-order valence-corrected chi connectivity index (χ3v) is 6.45. The first-order chi connectivity index (χ1) is 15.2. The largest absolute Gasteiger partial charge is 0.354 e. The van der Waals surface area contributed by atoms with E-state index in [1.165, 1.54) is 49.9 Å². The summed E-state index contributed by atoms with van der Waals surface area (Å²) in [6, 6.07) is 3.86. The highest BCUT2D eigenvalue weighted by Crippen LogP contribution is 2.42. The topological polar surface area (TPSA) is 91.2 Å². The van der Waals surface area contributed by atoms with E-state index < -0.39 is 17.4 Å². The first-order valence-electron chi connectivity index (χ1n) is 10.6. The van der Waals surface area contributed by atoms with E-state index in [4.69, 9.17) is 11.6 Å². The van der Waals surface area contributed by atoms with Crippen LogP contribution in [0.4, 0.5) is 16.2 Å². The molecule has 4 amide bonds. The lowest BCUT2D eigenvalue weighted by Crippen LogP contribution is -2.50. The molecule has 1 fully saturated rings. The number of benzene rings is 1. The third kappa shape index (κ3) is 4.72. The number of amides is 4. The average molecular weight is 455 g/mol. The van der Waals surface area contributed by atoms with Gasteiger partial charge in [0.1, 0.15) is 5.71 Å². The van der Waals surface area contributed by atoms with Crippen LogP contribution in [-0.4, -0.2) is 29.8 Å². The smallest absolute Gasteiger partial charge is 0.321 e. The summed E-state index contributed by atoms with van der Waals surface area (Å²) in [5.74, 6) is 0.115. The lowest BCUT2D eigenvalue weighted by molar-refractivity contribution is -0.124. The maximum absolute atomic E-state index is 13.4. The highest BCUT2D eigenvalue weighted by molar-refractivity contribution is 6.47. The van der Waals surface area contributed by atoms with Crippen molar-refractivity contribution in [2.24, 2.45) is 27.2 Å². The van der Waals surface area contributed by atoms with Crippen LogP contribution in [0.3, 0.4) is 0 Å². The van der Waals surface area contributed by atoms with Gasteiger partial charge in [-0.15, -0.1) is 0 Å². The van der Waals surface area contributed by atoms with Gasteiger partial charge < -0.3 is 5.32 Å². The summed E-state index contributed by atoms with van der Waals surface area (Å²) in [7, 11) is 0. The molecule has 1 N–H and O–H groups in total. The molecule has 0 bridgehead atoms. The van der Waals surface area contributed by atoms with Crippen molar-refractivity contribution in [2.75, 3.05) is 10.2 Å². The minimum Gasteiger partial charge on any atom is -0.321 e. The molecule has 8 heteroatoms. The number of imide groups is 1. The van der Waals surface area contributed by atoms with Crippen LogP contribution >= 0.6 is 11.6 Å². The van der Waals surface area contributed by atoms with Gasteiger partial charge in [-0.2, -0.15) is 0 Å². The van der Waals surface area contributed by atoms with Gasteiger partial charge in [-0.05, 0) is 49.5 Å². The minimum atomic E-state index is -0.890. The van der Waals surface area contributed by atoms with E-state index in [0.717, 1.165) is 4.90 Å². The Labute approximate surface area is 192 Å². The summed E-state index contributed by atoms with van der Waals surface area (Å²) in [4.78, 5) is 47.0. The van der Waals surface area contributed by atoms with Crippen molar-refractivity contribution in [3.8, 4) is 0 Å². The standard InChI is InChI=1S/C24H27ClN4O3/c1-5-19(26-6-2)21(30)28-17-10-11-20(18(25)12-17)29-22(31)24(4,14-27-23(29)32)13-15(3)16-8-7-9-16/h5-6,10-12,14-16H,1-2,7-9,13H2,3-4H3,(H,28,30)/t15?,24-/m0/s1. The number of rotatable bonds is 8. The number of aliphatic imine (C=N–C) groups is 2. The number of urea groups is 1. The fraction of sp³-hybridized carbons (Fsp3) is 0.375. The molecule has 7 nitrogen and oxygen atoms in total. The van der Waals surface area contributed by atoms with Gasteiger partial charge in [-0.3, -0.25) is 14.6 Å². The highest BCUT2D eigenvalue weighted by atomic mass is 35.5. The average Bonchev–Trinajstić information content (AvgIpc) is 2.69. The van der Waals surface area contributed by atoms with Gasteiger partial charge in [0.05, 0.1) is 16.1 Å². The van der Waals surface area contributed by atoms with Gasteiger partial charge in [-0.1, -0.05) is 50.9 Å². The first-order valence-corrected chi connectivity index (χ1v) is 10.9. The van der Waals surface area contributed by atoms with Gasteiger partial charge in [-0.25, -0.2) is 14.7 Å². The lowest BCUT2D eigenvalue weighted by atomic mass is 9.69. The summed E-state index contributed by atoms with van der Waals surface area (Å²) in [5.41, 5.74) is -0.196. The van der Waals surface area contributed by atoms with Crippen LogP contribution in [0.15, 0.2) is 53.6 Å². The third-order valence-electron chi connectivity index (χ3n) is 6.15. The monoisotopic (exact) mass is 454 g/mol. The van der Waals surface area contributed by atoms with E-state index in [0.29, 0.717) is 23.9 Å². The molecule has 0 saturated heterocycles. The predicted molar refractivity (Wildman–Crippen MR) is 129 cm³/mol. The Morgan fingerprint density at radius 2 is 2.12 bits per heavy atom. The van der Waals surface area contributed by atoms with Gasteiger partial charge in [0.2, 0.25) is 5.91 Å². The quantitative estimate of drug-likeness (QED) is 0.531. The fourth-order valence-corrected chi connectivity index (χ4v) is 4.38. The number of hydrogen-bond donors (Lipinski definition) is 1. The van der Waals surface area contributed by atoms with Crippen LogP contribution < -0.4 is 10.2 Å². The van der Waals surface area contributed by atoms with Crippen LogP contribution in [0.25, 0.3) is 0 Å². The molecule has 1 aromatic rings. The van der Waals surface area contributed by atoms with Crippen molar-refractivity contribution in [3.05, 3.63) is 48.7 Å². The second-order valence-electron chi connectivity index (χ2n) is 8.49. The summed E-state index contributed by atoms with van der Waals surface area (Å²) < 4.78 is 0. The molecule has 1 saturated carbocycles. The summed E-state index contributed by atoms with van der Waals surface area (Å²) in [5, 5.41) is 2.78. The maximum atomic E-state index is 13.4. The Bertz CT molecular complexity index is 1030. The molecule has 1 aliphatic carbocycles. The Morgan fingerprint density at radius 1 is 1.41 bits per heavy atom. The zero-order valence-electron chi connectivity index (χ0n) is 18.3. The molecular formula is C24H27ClN4O3. The molecule has 2 aliphatic rings. The Hall–Kier alpha value is -3.06. The van der Waals surface area contributed by atoms with Crippen LogP contribution in [-0.2, 0) is 9.59 Å². The lowest BCUT2D eigenvalue weighted by Gasteiger charge is -2.39. The van der Waals surface area contributed by atoms with Crippen molar-refractivity contribution >= 4 is 52.7 Å². The Balaban J connectivity index is 1.82. The molecule has 168 valence electrons. The maximum Gasteiger partial charge on any atom is 0.354 e. The molecular weight excluding hydrogens is 428 g/mol. The number of hydrogen-bond acceptors (Lipinski definition) is 4. The van der Waals surface area contributed by atoms with Crippen molar-refractivity contribution in [3.63, 3.8) is 0 Å². The zero-order valence-corrected chi connectivity index (χ0v) is 19.1. The van der Waals surface area contributed by atoms with Gasteiger partial charge in [0.15, 0.2) is 0 Å². The SMILES string of the molecule is C=CN=C(C=C)C(=O)Nc1ccc(N2C(=O)N=C[C@](C)(CC(C)C3CCC3)C2=O)c(Cl)c1. The van der Waals surface area contributed by atoms with Crippen LogP contribution in [0.2, 0.25) is 5.02 Å². The van der Waals surface area contributed by atoms with Gasteiger partial charge >= 0.3 is 6.03 Å². The summed E-state index contributed by atoms with van der Waals surface area (Å²) in [6.07, 6.45) is 8.21. The second kappa shape index (κ2) is 9.61. The van der Waals surface area contributed by atoms with Crippen LogP contribution in [0.1, 0.15) is 39.5 Å². The minimum absolute atomic E-state index is 0.0901. The zero-order chi connectivity index (χ0) is 23.5. The Morgan fingerprint density at radius 3 is 2.69 bits per heavy atom. The molecule has 0 aromatic heterocycles. The molecule has 3 rings (SSSR count). The van der Waals surface area contributed by atoms with E-state index >= 15 is 0 Å². The molecule has 2 atom stereocenters. The van der Waals surface area contributed by atoms with Crippen molar-refractivity contribution in [1.82, 2.24) is 0 Å². The van der Waals surface area contributed by atoms with Crippen LogP contribution in [0.5, 0.6) is 0 Å². The molecule has 1 unspecified atom stereocenters. The van der Waals surface area contributed by atoms with E-state index in [2.05, 4.69) is 35.4 Å². The van der Waals surface area contributed by atoms with E-state index in [9.17, 15) is 14.4 Å². The fourth-order valence-electron chi connectivity index (χ4n) is 4.11. The molecule has 1 heterocycles. The van der Waals surface area contributed by atoms with Crippen molar-refractivity contribution < 1.29 is 14.4 Å². The predicted octanol–water partition coefficient (Wildman–Crippen LogP) is 5.42. The number of nitrogens with one attached hydrogen (secondary N) is 1. The van der Waals surface area contributed by atoms with Crippen LogP contribution in [0, 0.1) is 17.3 Å². The highest BCUT2D eigenvalue weighted by Gasteiger charge is 2.44. The van der Waals surface area contributed by atoms with Crippen molar-refractivity contribution in [2.45, 2.75) is 39.5 Å². The summed E-state index contributed by atoms with van der Waals surface area (Å²) in [6.45, 7) is 11.0. The molecule has 0 radical (unpaired) electrons. The van der Waals surface area contributed by atoms with Gasteiger partial charge in [0.25, 0.3) is 5.91 Å². The van der Waals surface area contributed by atoms with E-state index in [1.807, 2.05) is 6.92 Å². The van der Waals surface area contributed by atoms with Gasteiger partial charge in [0, 0.05) is 18.1 Å². The molecule has 1 aliphatic heterocycles. The molecule has 32 heavy (non-hydrogen) atoms.